The van der Waals surface area contributed by atoms with E-state index in [1.807, 2.05) is 0 Å². The fraction of sp³-hybridized carbons (Fsp3) is 0.238. The first-order valence-electron chi connectivity index (χ1n) is 9.62. The largest absolute Gasteiger partial charge is 0.301 e. The second-order valence-electron chi connectivity index (χ2n) is 7.30. The molecule has 30 heavy (non-hydrogen) atoms. The van der Waals surface area contributed by atoms with E-state index in [4.69, 9.17) is 0 Å². The van der Waals surface area contributed by atoms with Gasteiger partial charge in [0.05, 0.1) is 17.6 Å². The minimum absolute atomic E-state index is 0.186. The number of amides is 1. The lowest BCUT2D eigenvalue weighted by Gasteiger charge is -2.20. The molecule has 1 amide bonds. The third-order valence-corrected chi connectivity index (χ3v) is 6.14. The van der Waals surface area contributed by atoms with Gasteiger partial charge in [0.25, 0.3) is 5.91 Å². The summed E-state index contributed by atoms with van der Waals surface area (Å²) in [5.41, 5.74) is 2.31. The number of anilines is 1. The van der Waals surface area contributed by atoms with E-state index in [9.17, 15) is 9.18 Å². The smallest absolute Gasteiger partial charge is 0.278 e. The van der Waals surface area contributed by atoms with Crippen LogP contribution < -0.4 is 5.32 Å². The molecule has 0 saturated heterocycles. The van der Waals surface area contributed by atoms with Gasteiger partial charge in [-0.05, 0) is 25.2 Å². The summed E-state index contributed by atoms with van der Waals surface area (Å²) in [5, 5.41) is 8.53. The van der Waals surface area contributed by atoms with Gasteiger partial charge < -0.3 is 4.90 Å². The second kappa shape index (κ2) is 7.58. The molecule has 0 fully saturated rings. The van der Waals surface area contributed by atoms with Gasteiger partial charge >= 0.3 is 0 Å². The molecule has 0 unspecified atom stereocenters. The average Bonchev–Trinajstić information content (AvgIpc) is 3.30. The Morgan fingerprint density at radius 1 is 1.27 bits per heavy atom. The van der Waals surface area contributed by atoms with Gasteiger partial charge in [-0.2, -0.15) is 5.10 Å². The summed E-state index contributed by atoms with van der Waals surface area (Å²) >= 11 is 1.49. The molecule has 4 heterocycles. The van der Waals surface area contributed by atoms with Gasteiger partial charge in [-0.3, -0.25) is 10.1 Å². The molecule has 152 valence electrons. The van der Waals surface area contributed by atoms with Crippen molar-refractivity contribution in [3.05, 3.63) is 70.2 Å². The van der Waals surface area contributed by atoms with E-state index in [1.54, 1.807) is 41.2 Å². The molecular formula is C21H19FN6OS. The number of fused-ring (bicyclic) bond motifs is 2. The SMILES string of the molecule is CN1CCc2nc(NC(=O)c3nn(Cc4ccccc4F)c4ncccc34)sc2C1. The normalized spacial score (nSPS) is 14.1. The quantitative estimate of drug-likeness (QED) is 0.546. The van der Waals surface area contributed by atoms with Crippen LogP contribution in [0.3, 0.4) is 0 Å². The molecule has 1 aliphatic heterocycles. The van der Waals surface area contributed by atoms with Gasteiger partial charge in [-0.25, -0.2) is 19.0 Å². The summed E-state index contributed by atoms with van der Waals surface area (Å²) in [5.74, 6) is -0.666. The van der Waals surface area contributed by atoms with Crippen LogP contribution in [0.25, 0.3) is 11.0 Å². The van der Waals surface area contributed by atoms with Crippen LogP contribution in [0.1, 0.15) is 26.6 Å². The van der Waals surface area contributed by atoms with Crippen molar-refractivity contribution in [3.8, 4) is 0 Å². The Morgan fingerprint density at radius 3 is 3.00 bits per heavy atom. The van der Waals surface area contributed by atoms with E-state index in [0.717, 1.165) is 25.2 Å². The molecule has 0 aliphatic carbocycles. The molecule has 1 N–H and O–H groups in total. The molecule has 0 spiro atoms. The minimum atomic E-state index is -0.347. The lowest BCUT2D eigenvalue weighted by atomic mass is 10.2. The summed E-state index contributed by atoms with van der Waals surface area (Å²) in [6, 6.07) is 10.1. The highest BCUT2D eigenvalue weighted by atomic mass is 32.1. The molecule has 3 aromatic heterocycles. The van der Waals surface area contributed by atoms with Crippen LogP contribution in [0.2, 0.25) is 0 Å². The summed E-state index contributed by atoms with van der Waals surface area (Å²) in [6.07, 6.45) is 2.51. The lowest BCUT2D eigenvalue weighted by Crippen LogP contribution is -2.25. The Labute approximate surface area is 176 Å². The number of rotatable bonds is 4. The van der Waals surface area contributed by atoms with E-state index < -0.39 is 0 Å². The van der Waals surface area contributed by atoms with Crippen LogP contribution >= 0.6 is 11.3 Å². The summed E-state index contributed by atoms with van der Waals surface area (Å²) < 4.78 is 15.7. The van der Waals surface area contributed by atoms with E-state index in [0.29, 0.717) is 21.7 Å². The van der Waals surface area contributed by atoms with Gasteiger partial charge in [0.1, 0.15) is 5.82 Å². The van der Waals surface area contributed by atoms with Crippen LogP contribution in [0.5, 0.6) is 0 Å². The predicted octanol–water partition coefficient (Wildman–Crippen LogP) is 3.32. The summed E-state index contributed by atoms with van der Waals surface area (Å²) in [7, 11) is 2.07. The Bertz CT molecular complexity index is 1250. The van der Waals surface area contributed by atoms with Crippen molar-refractivity contribution in [2.45, 2.75) is 19.5 Å². The molecule has 7 nitrogen and oxygen atoms in total. The van der Waals surface area contributed by atoms with Crippen LogP contribution in [-0.4, -0.2) is 44.1 Å². The van der Waals surface area contributed by atoms with Crippen LogP contribution in [0.15, 0.2) is 42.6 Å². The monoisotopic (exact) mass is 422 g/mol. The van der Waals surface area contributed by atoms with Gasteiger partial charge in [0.2, 0.25) is 0 Å². The molecule has 4 aromatic rings. The second-order valence-corrected chi connectivity index (χ2v) is 8.39. The molecule has 9 heteroatoms. The molecule has 0 saturated carbocycles. The number of aromatic nitrogens is 4. The molecule has 1 aromatic carbocycles. The molecule has 1 aliphatic rings. The molecule has 0 atom stereocenters. The maximum atomic E-state index is 14.1. The van der Waals surface area contributed by atoms with Crippen molar-refractivity contribution in [3.63, 3.8) is 0 Å². The zero-order valence-corrected chi connectivity index (χ0v) is 17.1. The first kappa shape index (κ1) is 18.8. The van der Waals surface area contributed by atoms with E-state index >= 15 is 0 Å². The highest BCUT2D eigenvalue weighted by Crippen LogP contribution is 2.28. The van der Waals surface area contributed by atoms with Crippen molar-refractivity contribution in [2.24, 2.45) is 0 Å². The van der Waals surface area contributed by atoms with Crippen molar-refractivity contribution in [1.29, 1.82) is 0 Å². The fourth-order valence-electron chi connectivity index (χ4n) is 3.61. The topological polar surface area (TPSA) is 75.9 Å². The molecule has 5 rings (SSSR count). The third-order valence-electron chi connectivity index (χ3n) is 5.14. The van der Waals surface area contributed by atoms with E-state index in [2.05, 4.69) is 32.3 Å². The van der Waals surface area contributed by atoms with Gasteiger partial charge in [0.15, 0.2) is 16.5 Å². The number of benzene rings is 1. The first-order valence-corrected chi connectivity index (χ1v) is 10.4. The zero-order chi connectivity index (χ0) is 20.7. The first-order chi connectivity index (χ1) is 14.6. The van der Waals surface area contributed by atoms with Crippen molar-refractivity contribution >= 4 is 33.4 Å². The maximum absolute atomic E-state index is 14.1. The number of pyridine rings is 1. The van der Waals surface area contributed by atoms with Crippen LogP contribution in [-0.2, 0) is 19.5 Å². The average molecular weight is 422 g/mol. The molecule has 0 radical (unpaired) electrons. The van der Waals surface area contributed by atoms with Gasteiger partial charge in [-0.15, -0.1) is 11.3 Å². The molecule has 0 bridgehead atoms. The number of carbonyl (C=O) groups excluding carboxylic acids is 1. The fourth-order valence-corrected chi connectivity index (χ4v) is 4.69. The number of carbonyl (C=O) groups is 1. The Balaban J connectivity index is 1.46. The zero-order valence-electron chi connectivity index (χ0n) is 16.3. The number of halogens is 1. The summed E-state index contributed by atoms with van der Waals surface area (Å²) in [4.78, 5) is 25.3. The number of hydrogen-bond acceptors (Lipinski definition) is 6. The lowest BCUT2D eigenvalue weighted by molar-refractivity contribution is 0.102. The Morgan fingerprint density at radius 2 is 2.13 bits per heavy atom. The minimum Gasteiger partial charge on any atom is -0.301 e. The third kappa shape index (κ3) is 3.46. The highest BCUT2D eigenvalue weighted by Gasteiger charge is 2.22. The van der Waals surface area contributed by atoms with Crippen LogP contribution in [0, 0.1) is 5.82 Å². The number of thiazole rings is 1. The number of hydrogen-bond donors (Lipinski definition) is 1. The maximum Gasteiger partial charge on any atom is 0.278 e. The van der Waals surface area contributed by atoms with Gasteiger partial charge in [-0.1, -0.05) is 18.2 Å². The Hall–Kier alpha value is -3.17. The standard InChI is InChI=1S/C21H19FN6OS/c1-27-10-8-16-17(12-27)30-21(24-16)25-20(29)18-14-6-4-9-23-19(14)28(26-18)11-13-5-2-3-7-15(13)22/h2-7,9H,8,10-12H2,1H3,(H,24,25,29). The number of likely N-dealkylation sites (N-methyl/N-ethyl adjacent to an activating group) is 1. The van der Waals surface area contributed by atoms with Crippen LogP contribution in [0.4, 0.5) is 9.52 Å². The summed E-state index contributed by atoms with van der Waals surface area (Å²) in [6.45, 7) is 1.99. The molecular weight excluding hydrogens is 403 g/mol. The van der Waals surface area contributed by atoms with E-state index in [1.165, 1.54) is 22.3 Å². The number of nitrogens with one attached hydrogen (secondary N) is 1. The van der Waals surface area contributed by atoms with Crippen molar-refractivity contribution < 1.29 is 9.18 Å². The van der Waals surface area contributed by atoms with Gasteiger partial charge in [0, 0.05) is 36.1 Å². The van der Waals surface area contributed by atoms with E-state index in [-0.39, 0.29) is 24.0 Å². The van der Waals surface area contributed by atoms with Crippen molar-refractivity contribution in [1.82, 2.24) is 24.6 Å². The number of nitrogens with zero attached hydrogens (tertiary/aromatic N) is 5. The highest BCUT2D eigenvalue weighted by molar-refractivity contribution is 7.15. The predicted molar refractivity (Wildman–Crippen MR) is 113 cm³/mol. The Kier molecular flexibility index (Phi) is 4.76. The van der Waals surface area contributed by atoms with Crippen molar-refractivity contribution in [2.75, 3.05) is 18.9 Å².